The van der Waals surface area contributed by atoms with Crippen LogP contribution in [0.15, 0.2) is 36.4 Å². The van der Waals surface area contributed by atoms with Crippen molar-refractivity contribution in [2.24, 2.45) is 17.8 Å². The Hall–Kier alpha value is -2.47. The van der Waals surface area contributed by atoms with Crippen LogP contribution in [-0.4, -0.2) is 40.6 Å². The first-order chi connectivity index (χ1) is 13.5. The second-order valence-electron chi connectivity index (χ2n) is 8.27. The molecule has 158 valence electrons. The molecule has 1 aliphatic rings. The lowest BCUT2D eigenvalue weighted by atomic mass is 9.63. The molecular formula is C23H30O6. The van der Waals surface area contributed by atoms with E-state index in [0.717, 1.165) is 5.56 Å². The van der Waals surface area contributed by atoms with Crippen LogP contribution in [0.4, 0.5) is 0 Å². The summed E-state index contributed by atoms with van der Waals surface area (Å²) >= 11 is 0. The molecule has 6 heteroatoms. The van der Waals surface area contributed by atoms with Gasteiger partial charge in [-0.15, -0.1) is 0 Å². The highest BCUT2D eigenvalue weighted by atomic mass is 16.5. The lowest BCUT2D eigenvalue weighted by Gasteiger charge is -2.42. The number of hydrogen-bond donors (Lipinski definition) is 1. The van der Waals surface area contributed by atoms with Crippen molar-refractivity contribution in [2.45, 2.75) is 58.8 Å². The molecule has 0 spiro atoms. The highest BCUT2D eigenvalue weighted by Crippen LogP contribution is 2.42. The van der Waals surface area contributed by atoms with Crippen LogP contribution in [0.25, 0.3) is 6.08 Å². The van der Waals surface area contributed by atoms with Crippen molar-refractivity contribution in [1.82, 2.24) is 0 Å². The molecule has 0 radical (unpaired) electrons. The van der Waals surface area contributed by atoms with E-state index in [1.54, 1.807) is 39.8 Å². The quantitative estimate of drug-likeness (QED) is 0.581. The molecule has 6 nitrogen and oxygen atoms in total. The maximum atomic E-state index is 12.9. The predicted molar refractivity (Wildman–Crippen MR) is 109 cm³/mol. The van der Waals surface area contributed by atoms with Gasteiger partial charge < -0.3 is 14.6 Å². The van der Waals surface area contributed by atoms with Gasteiger partial charge in [0.2, 0.25) is 0 Å². The molecule has 1 aromatic rings. The summed E-state index contributed by atoms with van der Waals surface area (Å²) in [6, 6.07) is 9.32. The van der Waals surface area contributed by atoms with Crippen molar-refractivity contribution in [3.63, 3.8) is 0 Å². The largest absolute Gasteiger partial charge is 0.463 e. The molecule has 29 heavy (non-hydrogen) atoms. The topological polar surface area (TPSA) is 89.9 Å². The minimum atomic E-state index is -1.64. The lowest BCUT2D eigenvalue weighted by molar-refractivity contribution is -0.178. The van der Waals surface area contributed by atoms with Crippen LogP contribution in [-0.2, 0) is 23.9 Å². The first-order valence-corrected chi connectivity index (χ1v) is 9.92. The molecule has 0 bridgehead atoms. The van der Waals surface area contributed by atoms with Crippen molar-refractivity contribution in [3.05, 3.63) is 42.0 Å². The van der Waals surface area contributed by atoms with Gasteiger partial charge in [0.15, 0.2) is 5.78 Å². The summed E-state index contributed by atoms with van der Waals surface area (Å²) in [4.78, 5) is 38.4. The molecule has 0 heterocycles. The summed E-state index contributed by atoms with van der Waals surface area (Å²) < 4.78 is 10.6. The van der Waals surface area contributed by atoms with Crippen molar-refractivity contribution < 1.29 is 29.0 Å². The Morgan fingerprint density at radius 2 is 1.62 bits per heavy atom. The van der Waals surface area contributed by atoms with Crippen molar-refractivity contribution in [1.29, 1.82) is 0 Å². The van der Waals surface area contributed by atoms with Gasteiger partial charge in [0.05, 0.1) is 23.7 Å². The Morgan fingerprint density at radius 3 is 2.17 bits per heavy atom. The number of ether oxygens (including phenoxy) is 2. The fraction of sp³-hybridized carbons (Fsp3) is 0.522. The van der Waals surface area contributed by atoms with Crippen molar-refractivity contribution in [3.8, 4) is 0 Å². The van der Waals surface area contributed by atoms with Gasteiger partial charge in [0.25, 0.3) is 0 Å². The van der Waals surface area contributed by atoms with E-state index >= 15 is 0 Å². The minimum absolute atomic E-state index is 0.321. The summed E-state index contributed by atoms with van der Waals surface area (Å²) in [6.07, 6.45) is 2.26. The second-order valence-corrected chi connectivity index (χ2v) is 8.27. The summed E-state index contributed by atoms with van der Waals surface area (Å²) in [7, 11) is 0. The highest BCUT2D eigenvalue weighted by Gasteiger charge is 2.56. The van der Waals surface area contributed by atoms with Gasteiger partial charge in [-0.2, -0.15) is 0 Å². The van der Waals surface area contributed by atoms with Crippen LogP contribution >= 0.6 is 0 Å². The molecule has 1 aliphatic carbocycles. The van der Waals surface area contributed by atoms with E-state index < -0.39 is 53.3 Å². The number of carbonyl (C=O) groups is 3. The number of hydrogen-bond acceptors (Lipinski definition) is 6. The zero-order valence-electron chi connectivity index (χ0n) is 17.6. The van der Waals surface area contributed by atoms with E-state index in [2.05, 4.69) is 0 Å². The molecular weight excluding hydrogens is 372 g/mol. The van der Waals surface area contributed by atoms with Crippen LogP contribution in [0.3, 0.4) is 0 Å². The average molecular weight is 402 g/mol. The molecule has 2 rings (SSSR count). The molecule has 4 atom stereocenters. The second kappa shape index (κ2) is 9.35. The van der Waals surface area contributed by atoms with Crippen LogP contribution in [0.5, 0.6) is 0 Å². The normalized spacial score (nSPS) is 27.4. The van der Waals surface area contributed by atoms with Crippen molar-refractivity contribution >= 4 is 23.8 Å². The number of Topliss-reactive ketones (excluding diaryl/α,β-unsaturated/α-hetero) is 1. The Labute approximate surface area is 171 Å². The number of ketones is 1. The number of allylic oxidation sites excluding steroid dienone is 1. The van der Waals surface area contributed by atoms with E-state index in [9.17, 15) is 19.5 Å². The van der Waals surface area contributed by atoms with Crippen LogP contribution in [0.2, 0.25) is 0 Å². The van der Waals surface area contributed by atoms with Gasteiger partial charge in [-0.3, -0.25) is 14.4 Å². The number of carbonyl (C=O) groups excluding carboxylic acids is 3. The molecule has 1 saturated carbocycles. The molecule has 1 aromatic carbocycles. The first kappa shape index (κ1) is 22.8. The standard InChI is InChI=1S/C23H30O6/c1-14(2)28-21(25)19-17(12-11-16-9-7-6-8-10-16)20(22(26)29-15(3)4)23(5,27)13-18(19)24/h6-12,14-15,17,19-20,27H,13H2,1-5H3/b12-11+. The van der Waals surface area contributed by atoms with Gasteiger partial charge in [-0.05, 0) is 40.2 Å². The van der Waals surface area contributed by atoms with E-state index in [-0.39, 0.29) is 6.42 Å². The average Bonchev–Trinajstić information content (AvgIpc) is 2.58. The first-order valence-electron chi connectivity index (χ1n) is 9.92. The number of esters is 2. The number of rotatable bonds is 6. The Kier molecular flexibility index (Phi) is 7.36. The van der Waals surface area contributed by atoms with Crippen molar-refractivity contribution in [2.75, 3.05) is 0 Å². The van der Waals surface area contributed by atoms with Crippen LogP contribution in [0.1, 0.15) is 46.6 Å². The SMILES string of the molecule is CC(C)OC(=O)C1C(=O)CC(C)(O)C(C(=O)OC(C)C)C1/C=C/c1ccccc1. The minimum Gasteiger partial charge on any atom is -0.463 e. The molecule has 4 unspecified atom stereocenters. The van der Waals surface area contributed by atoms with E-state index in [0.29, 0.717) is 0 Å². The fourth-order valence-corrected chi connectivity index (χ4v) is 3.71. The van der Waals surface area contributed by atoms with Gasteiger partial charge in [-0.1, -0.05) is 42.5 Å². The lowest BCUT2D eigenvalue weighted by Crippen LogP contribution is -2.56. The Balaban J connectivity index is 2.50. The van der Waals surface area contributed by atoms with Crippen LogP contribution in [0, 0.1) is 17.8 Å². The van der Waals surface area contributed by atoms with E-state index in [1.807, 2.05) is 30.3 Å². The van der Waals surface area contributed by atoms with Gasteiger partial charge >= 0.3 is 11.9 Å². The number of aliphatic hydroxyl groups is 1. The third-order valence-corrected chi connectivity index (χ3v) is 4.84. The third kappa shape index (κ3) is 5.76. The Bertz CT molecular complexity index is 755. The smallest absolute Gasteiger partial charge is 0.317 e. The highest BCUT2D eigenvalue weighted by molar-refractivity contribution is 6.02. The maximum Gasteiger partial charge on any atom is 0.317 e. The molecule has 0 aromatic heterocycles. The number of benzene rings is 1. The molecule has 1 fully saturated rings. The Morgan fingerprint density at radius 1 is 1.07 bits per heavy atom. The van der Waals surface area contributed by atoms with Gasteiger partial charge in [0.1, 0.15) is 5.92 Å². The monoisotopic (exact) mass is 402 g/mol. The third-order valence-electron chi connectivity index (χ3n) is 4.84. The van der Waals surface area contributed by atoms with Gasteiger partial charge in [0, 0.05) is 12.3 Å². The van der Waals surface area contributed by atoms with Gasteiger partial charge in [-0.25, -0.2) is 0 Å². The zero-order chi connectivity index (χ0) is 21.8. The van der Waals surface area contributed by atoms with E-state index in [4.69, 9.17) is 9.47 Å². The summed E-state index contributed by atoms with van der Waals surface area (Å²) in [5, 5.41) is 10.9. The van der Waals surface area contributed by atoms with Crippen LogP contribution < -0.4 is 0 Å². The summed E-state index contributed by atoms with van der Waals surface area (Å²) in [6.45, 7) is 8.24. The summed E-state index contributed by atoms with van der Waals surface area (Å²) in [5.41, 5.74) is -0.791. The molecule has 0 saturated heterocycles. The summed E-state index contributed by atoms with van der Waals surface area (Å²) in [5.74, 6) is -4.91. The fourth-order valence-electron chi connectivity index (χ4n) is 3.71. The zero-order valence-corrected chi connectivity index (χ0v) is 17.6. The predicted octanol–water partition coefficient (Wildman–Crippen LogP) is 3.18. The maximum absolute atomic E-state index is 12.9. The van der Waals surface area contributed by atoms with E-state index in [1.165, 1.54) is 6.92 Å². The molecule has 0 aliphatic heterocycles. The molecule has 1 N–H and O–H groups in total. The molecule has 0 amide bonds.